The highest BCUT2D eigenvalue weighted by atomic mass is 16.5. The Morgan fingerprint density at radius 3 is 2.74 bits per heavy atom. The Balaban J connectivity index is 2.14. The van der Waals surface area contributed by atoms with Crippen molar-refractivity contribution in [2.75, 3.05) is 18.9 Å². The van der Waals surface area contributed by atoms with E-state index in [0.717, 1.165) is 11.1 Å². The molecule has 2 aromatic rings. The highest BCUT2D eigenvalue weighted by Crippen LogP contribution is 2.27. The lowest BCUT2D eigenvalue weighted by molar-refractivity contribution is -0.119. The third-order valence-electron chi connectivity index (χ3n) is 3.52. The molecule has 2 N–H and O–H groups in total. The van der Waals surface area contributed by atoms with Crippen LogP contribution in [0, 0.1) is 19.8 Å². The summed E-state index contributed by atoms with van der Waals surface area (Å²) in [5, 5.41) is 5.91. The molecular weight excluding hydrogens is 290 g/mol. The molecule has 0 fully saturated rings. The monoisotopic (exact) mass is 313 g/mol. The molecule has 2 rings (SSSR count). The van der Waals surface area contributed by atoms with Gasteiger partial charge in [0.15, 0.2) is 0 Å². The number of carbonyl (C=O) groups is 1. The van der Waals surface area contributed by atoms with Gasteiger partial charge in [-0.1, -0.05) is 13.0 Å². The molecule has 0 aliphatic heterocycles. The molecule has 122 valence electrons. The fraction of sp³-hybridized carbons (Fsp3) is 0.333. The van der Waals surface area contributed by atoms with Crippen LogP contribution in [0.1, 0.15) is 18.1 Å². The Labute approximate surface area is 137 Å². The van der Waals surface area contributed by atoms with Gasteiger partial charge in [0.05, 0.1) is 0 Å². The van der Waals surface area contributed by atoms with Gasteiger partial charge in [0.2, 0.25) is 11.8 Å². The number of carbonyl (C=O) groups excluding carboxylic acids is 1. The standard InChI is InChI=1S/C18H23N3O2/c1-12-7-8-20-17(9-12)23-16-10-15(6-5-13(16)2)21-18(22)14(3)11-19-4/h5-10,14,19H,11H2,1-4H3,(H,21,22). The Morgan fingerprint density at radius 2 is 2.04 bits per heavy atom. The molecule has 0 radical (unpaired) electrons. The lowest BCUT2D eigenvalue weighted by Gasteiger charge is -2.14. The molecule has 5 nitrogen and oxygen atoms in total. The first-order valence-electron chi connectivity index (χ1n) is 7.66. The summed E-state index contributed by atoms with van der Waals surface area (Å²) >= 11 is 0. The summed E-state index contributed by atoms with van der Waals surface area (Å²) in [5.41, 5.74) is 2.78. The number of anilines is 1. The number of aryl methyl sites for hydroxylation is 2. The first-order chi connectivity index (χ1) is 11.0. The Hall–Kier alpha value is -2.40. The van der Waals surface area contributed by atoms with Gasteiger partial charge in [-0.05, 0) is 44.2 Å². The predicted octanol–water partition coefficient (Wildman–Crippen LogP) is 3.28. The smallest absolute Gasteiger partial charge is 0.228 e. The molecular formula is C18H23N3O2. The minimum Gasteiger partial charge on any atom is -0.439 e. The van der Waals surface area contributed by atoms with E-state index in [9.17, 15) is 4.79 Å². The Bertz CT molecular complexity index is 686. The minimum absolute atomic E-state index is 0.0252. The lowest BCUT2D eigenvalue weighted by Crippen LogP contribution is -2.28. The van der Waals surface area contributed by atoms with Crippen LogP contribution in [0.15, 0.2) is 36.5 Å². The highest BCUT2D eigenvalue weighted by Gasteiger charge is 2.13. The molecule has 1 heterocycles. The number of pyridine rings is 1. The number of ether oxygens (including phenoxy) is 1. The van der Waals surface area contributed by atoms with E-state index in [0.29, 0.717) is 23.9 Å². The van der Waals surface area contributed by atoms with E-state index in [-0.39, 0.29) is 11.8 Å². The van der Waals surface area contributed by atoms with Crippen LogP contribution in [0.4, 0.5) is 5.69 Å². The van der Waals surface area contributed by atoms with Gasteiger partial charge in [-0.25, -0.2) is 4.98 Å². The fourth-order valence-corrected chi connectivity index (χ4v) is 2.13. The fourth-order valence-electron chi connectivity index (χ4n) is 2.13. The van der Waals surface area contributed by atoms with Gasteiger partial charge in [0.1, 0.15) is 5.75 Å². The molecule has 1 amide bonds. The van der Waals surface area contributed by atoms with E-state index in [4.69, 9.17) is 4.74 Å². The van der Waals surface area contributed by atoms with Gasteiger partial charge in [0, 0.05) is 36.5 Å². The topological polar surface area (TPSA) is 63.2 Å². The third-order valence-corrected chi connectivity index (χ3v) is 3.52. The van der Waals surface area contributed by atoms with Crippen LogP contribution in [0.5, 0.6) is 11.6 Å². The Kier molecular flexibility index (Phi) is 5.71. The van der Waals surface area contributed by atoms with Crippen molar-refractivity contribution in [1.29, 1.82) is 0 Å². The van der Waals surface area contributed by atoms with Gasteiger partial charge in [-0.15, -0.1) is 0 Å². The molecule has 5 heteroatoms. The normalized spacial score (nSPS) is 11.8. The number of nitrogens with one attached hydrogen (secondary N) is 2. The van der Waals surface area contributed by atoms with Crippen LogP contribution in [-0.2, 0) is 4.79 Å². The quantitative estimate of drug-likeness (QED) is 0.859. The van der Waals surface area contributed by atoms with Crippen LogP contribution >= 0.6 is 0 Å². The van der Waals surface area contributed by atoms with Crippen molar-refractivity contribution in [3.05, 3.63) is 47.7 Å². The molecule has 0 aliphatic rings. The molecule has 1 atom stereocenters. The van der Waals surface area contributed by atoms with E-state index in [1.165, 1.54) is 0 Å². The second kappa shape index (κ2) is 7.74. The molecule has 1 aromatic carbocycles. The van der Waals surface area contributed by atoms with Crippen LogP contribution < -0.4 is 15.4 Å². The number of hydrogen-bond donors (Lipinski definition) is 2. The summed E-state index contributed by atoms with van der Waals surface area (Å²) in [6.07, 6.45) is 1.71. The van der Waals surface area contributed by atoms with E-state index >= 15 is 0 Å². The van der Waals surface area contributed by atoms with Crippen molar-refractivity contribution in [3.63, 3.8) is 0 Å². The summed E-state index contributed by atoms with van der Waals surface area (Å²) < 4.78 is 5.85. The largest absolute Gasteiger partial charge is 0.439 e. The summed E-state index contributed by atoms with van der Waals surface area (Å²) in [7, 11) is 1.83. The second-order valence-electron chi connectivity index (χ2n) is 5.70. The number of aromatic nitrogens is 1. The maximum atomic E-state index is 12.1. The lowest BCUT2D eigenvalue weighted by atomic mass is 10.1. The Morgan fingerprint density at radius 1 is 1.26 bits per heavy atom. The zero-order valence-electron chi connectivity index (χ0n) is 14.0. The van der Waals surface area contributed by atoms with Gasteiger partial charge in [-0.2, -0.15) is 0 Å². The van der Waals surface area contributed by atoms with E-state index in [1.807, 2.05) is 58.2 Å². The van der Waals surface area contributed by atoms with Gasteiger partial charge < -0.3 is 15.4 Å². The summed E-state index contributed by atoms with van der Waals surface area (Å²) in [6.45, 7) is 6.46. The van der Waals surface area contributed by atoms with Gasteiger partial charge >= 0.3 is 0 Å². The maximum absolute atomic E-state index is 12.1. The average Bonchev–Trinajstić information content (AvgIpc) is 2.51. The summed E-state index contributed by atoms with van der Waals surface area (Å²) in [4.78, 5) is 16.3. The average molecular weight is 313 g/mol. The maximum Gasteiger partial charge on any atom is 0.228 e. The summed E-state index contributed by atoms with van der Waals surface area (Å²) in [6, 6.07) is 9.40. The SMILES string of the molecule is CNCC(C)C(=O)Nc1ccc(C)c(Oc2cc(C)ccn2)c1. The first-order valence-corrected chi connectivity index (χ1v) is 7.66. The second-order valence-corrected chi connectivity index (χ2v) is 5.70. The van der Waals surface area contributed by atoms with E-state index in [2.05, 4.69) is 15.6 Å². The zero-order valence-corrected chi connectivity index (χ0v) is 14.0. The van der Waals surface area contributed by atoms with Crippen LogP contribution in [0.2, 0.25) is 0 Å². The van der Waals surface area contributed by atoms with Crippen LogP contribution in [-0.4, -0.2) is 24.5 Å². The van der Waals surface area contributed by atoms with Crippen molar-refractivity contribution in [2.24, 2.45) is 5.92 Å². The number of rotatable bonds is 6. The minimum atomic E-state index is -0.107. The number of benzene rings is 1. The molecule has 0 saturated heterocycles. The van der Waals surface area contributed by atoms with Crippen molar-refractivity contribution in [1.82, 2.24) is 10.3 Å². The first kappa shape index (κ1) is 17.0. The van der Waals surface area contributed by atoms with Crippen LogP contribution in [0.25, 0.3) is 0 Å². The summed E-state index contributed by atoms with van der Waals surface area (Å²) in [5.74, 6) is 1.09. The molecule has 0 spiro atoms. The molecule has 1 unspecified atom stereocenters. The van der Waals surface area contributed by atoms with Gasteiger partial charge in [-0.3, -0.25) is 4.79 Å². The zero-order chi connectivity index (χ0) is 16.8. The van der Waals surface area contributed by atoms with Crippen molar-refractivity contribution in [3.8, 4) is 11.6 Å². The van der Waals surface area contributed by atoms with E-state index in [1.54, 1.807) is 6.20 Å². The molecule has 0 saturated carbocycles. The van der Waals surface area contributed by atoms with Gasteiger partial charge in [0.25, 0.3) is 0 Å². The molecule has 1 aromatic heterocycles. The predicted molar refractivity (Wildman–Crippen MR) is 91.9 cm³/mol. The number of nitrogens with zero attached hydrogens (tertiary/aromatic N) is 1. The molecule has 0 aliphatic carbocycles. The van der Waals surface area contributed by atoms with Crippen LogP contribution in [0.3, 0.4) is 0 Å². The van der Waals surface area contributed by atoms with Crippen molar-refractivity contribution >= 4 is 11.6 Å². The van der Waals surface area contributed by atoms with Crippen molar-refractivity contribution in [2.45, 2.75) is 20.8 Å². The number of hydrogen-bond acceptors (Lipinski definition) is 4. The molecule has 0 bridgehead atoms. The van der Waals surface area contributed by atoms with Crippen molar-refractivity contribution < 1.29 is 9.53 Å². The van der Waals surface area contributed by atoms with E-state index < -0.39 is 0 Å². The number of amides is 1. The highest BCUT2D eigenvalue weighted by molar-refractivity contribution is 5.92. The third kappa shape index (κ3) is 4.79. The molecule has 23 heavy (non-hydrogen) atoms.